The number of amides is 2. The molecule has 1 heterocycles. The van der Waals surface area contributed by atoms with Gasteiger partial charge in [-0.2, -0.15) is 0 Å². The molecule has 132 valence electrons. The molecular weight excluding hydrogens is 320 g/mol. The minimum atomic E-state index is -0.800. The highest BCUT2D eigenvalue weighted by molar-refractivity contribution is 5.82. The van der Waals surface area contributed by atoms with E-state index in [4.69, 9.17) is 5.11 Å². The number of hydrogen-bond acceptors (Lipinski definition) is 3. The zero-order valence-electron chi connectivity index (χ0n) is 14.1. The molecule has 1 saturated carbocycles. The maximum absolute atomic E-state index is 12.5. The minimum absolute atomic E-state index is 0.103. The van der Waals surface area contributed by atoms with Crippen LogP contribution in [0, 0.1) is 5.92 Å². The molecule has 3 rings (SSSR count). The van der Waals surface area contributed by atoms with E-state index in [9.17, 15) is 14.4 Å². The summed E-state index contributed by atoms with van der Waals surface area (Å²) in [6.07, 6.45) is 5.50. The average Bonchev–Trinajstić information content (AvgIpc) is 3.03. The fourth-order valence-electron chi connectivity index (χ4n) is 3.71. The van der Waals surface area contributed by atoms with E-state index >= 15 is 0 Å². The number of hydrogen-bond donors (Lipinski definition) is 2. The number of nitrogens with one attached hydrogen (secondary N) is 1. The lowest BCUT2D eigenvalue weighted by Crippen LogP contribution is -2.38. The first-order valence-corrected chi connectivity index (χ1v) is 8.54. The van der Waals surface area contributed by atoms with Gasteiger partial charge in [0.05, 0.1) is 18.4 Å². The summed E-state index contributed by atoms with van der Waals surface area (Å²) >= 11 is 0. The average molecular weight is 342 g/mol. The molecule has 0 bridgehead atoms. The fraction of sp³-hybridized carbons (Fsp3) is 0.421. The predicted octanol–water partition coefficient (Wildman–Crippen LogP) is 2.32. The second-order valence-electron chi connectivity index (χ2n) is 6.70. The Balaban J connectivity index is 1.69. The van der Waals surface area contributed by atoms with Crippen molar-refractivity contribution in [2.45, 2.75) is 44.7 Å². The molecule has 3 atom stereocenters. The van der Waals surface area contributed by atoms with Gasteiger partial charge in [-0.15, -0.1) is 0 Å². The summed E-state index contributed by atoms with van der Waals surface area (Å²) in [4.78, 5) is 37.1. The summed E-state index contributed by atoms with van der Waals surface area (Å²) in [7, 11) is 0. The molecule has 1 aliphatic carbocycles. The quantitative estimate of drug-likeness (QED) is 0.879. The third-order valence-corrected chi connectivity index (χ3v) is 4.99. The van der Waals surface area contributed by atoms with Gasteiger partial charge in [-0.25, -0.2) is 0 Å². The Kier molecular flexibility index (Phi) is 4.88. The van der Waals surface area contributed by atoms with Crippen LogP contribution in [0.2, 0.25) is 0 Å². The first kappa shape index (κ1) is 17.2. The Morgan fingerprint density at radius 3 is 2.68 bits per heavy atom. The molecule has 1 fully saturated rings. The number of carbonyl (C=O) groups is 3. The highest BCUT2D eigenvalue weighted by Gasteiger charge is 2.32. The van der Waals surface area contributed by atoms with Gasteiger partial charge >= 0.3 is 5.97 Å². The third-order valence-electron chi connectivity index (χ3n) is 4.99. The topological polar surface area (TPSA) is 86.7 Å². The Bertz CT molecular complexity index is 728. The number of fused-ring (bicyclic) bond motifs is 1. The lowest BCUT2D eigenvalue weighted by molar-refractivity contribution is -0.141. The maximum atomic E-state index is 12.5. The van der Waals surface area contributed by atoms with Crippen molar-refractivity contribution in [1.82, 2.24) is 10.2 Å². The van der Waals surface area contributed by atoms with Crippen LogP contribution in [0.1, 0.15) is 49.8 Å². The summed E-state index contributed by atoms with van der Waals surface area (Å²) in [6.45, 7) is 1.48. The summed E-state index contributed by atoms with van der Waals surface area (Å²) in [5.41, 5.74) is 1.95. The van der Waals surface area contributed by atoms with Gasteiger partial charge in [0.2, 0.25) is 11.8 Å². The van der Waals surface area contributed by atoms with Gasteiger partial charge in [0.15, 0.2) is 0 Å². The lowest BCUT2D eigenvalue weighted by Gasteiger charge is -2.32. The maximum Gasteiger partial charge on any atom is 0.306 e. The van der Waals surface area contributed by atoms with Crippen LogP contribution in [0.4, 0.5) is 0 Å². The van der Waals surface area contributed by atoms with Crippen molar-refractivity contribution in [3.8, 4) is 0 Å². The molecule has 0 saturated heterocycles. The number of aliphatic carboxylic acids is 1. The Hall–Kier alpha value is -2.63. The standard InChI is InChI=1S/C19H22N2O4/c1-12(22)21-9-8-13-4-2-3-5-16(13)17(21)11-18(23)20-15-7-6-14(10-15)19(24)25/h2-5,8-9,14-15,17H,6-7,10-11H2,1H3,(H,20,23)(H,24,25)/t14-,15+,17?/m1/s1. The van der Waals surface area contributed by atoms with E-state index < -0.39 is 5.97 Å². The second-order valence-corrected chi connectivity index (χ2v) is 6.70. The molecule has 25 heavy (non-hydrogen) atoms. The van der Waals surface area contributed by atoms with Gasteiger partial charge < -0.3 is 15.3 Å². The van der Waals surface area contributed by atoms with Crippen molar-refractivity contribution in [1.29, 1.82) is 0 Å². The third kappa shape index (κ3) is 3.73. The van der Waals surface area contributed by atoms with E-state index in [1.807, 2.05) is 30.3 Å². The summed E-state index contributed by atoms with van der Waals surface area (Å²) < 4.78 is 0. The van der Waals surface area contributed by atoms with Gasteiger partial charge in [0.25, 0.3) is 0 Å². The van der Waals surface area contributed by atoms with E-state index in [-0.39, 0.29) is 36.2 Å². The SMILES string of the molecule is CC(=O)N1C=Cc2ccccc2C1CC(=O)N[C@H]1CC[C@@H](C(=O)O)C1. The van der Waals surface area contributed by atoms with Crippen LogP contribution in [0.25, 0.3) is 6.08 Å². The summed E-state index contributed by atoms with van der Waals surface area (Å²) in [5, 5.41) is 12.0. The molecule has 0 spiro atoms. The molecule has 0 radical (unpaired) electrons. The van der Waals surface area contributed by atoms with E-state index in [0.717, 1.165) is 11.1 Å². The second kappa shape index (κ2) is 7.09. The van der Waals surface area contributed by atoms with Crippen LogP contribution in [0.5, 0.6) is 0 Å². The van der Waals surface area contributed by atoms with Crippen molar-refractivity contribution in [3.05, 3.63) is 41.6 Å². The monoisotopic (exact) mass is 342 g/mol. The van der Waals surface area contributed by atoms with Gasteiger partial charge in [0.1, 0.15) is 0 Å². The van der Waals surface area contributed by atoms with Crippen LogP contribution < -0.4 is 5.32 Å². The van der Waals surface area contributed by atoms with Gasteiger partial charge in [-0.05, 0) is 36.5 Å². The van der Waals surface area contributed by atoms with E-state index in [1.54, 1.807) is 11.1 Å². The van der Waals surface area contributed by atoms with Crippen LogP contribution in [-0.2, 0) is 14.4 Å². The summed E-state index contributed by atoms with van der Waals surface area (Å²) in [6, 6.07) is 7.28. The van der Waals surface area contributed by atoms with Crippen molar-refractivity contribution >= 4 is 23.9 Å². The Labute approximate surface area is 146 Å². The number of carboxylic acids is 1. The molecule has 0 aromatic heterocycles. The van der Waals surface area contributed by atoms with Crippen LogP contribution in [0.15, 0.2) is 30.5 Å². The van der Waals surface area contributed by atoms with E-state index in [1.165, 1.54) is 6.92 Å². The zero-order chi connectivity index (χ0) is 18.0. The first-order valence-electron chi connectivity index (χ1n) is 8.54. The van der Waals surface area contributed by atoms with Crippen molar-refractivity contribution < 1.29 is 19.5 Å². The molecular formula is C19H22N2O4. The molecule has 2 aliphatic rings. The zero-order valence-corrected chi connectivity index (χ0v) is 14.1. The molecule has 1 aliphatic heterocycles. The lowest BCUT2D eigenvalue weighted by atomic mass is 9.93. The number of carboxylic acid groups (broad SMARTS) is 1. The van der Waals surface area contributed by atoms with Gasteiger partial charge in [-0.3, -0.25) is 14.4 Å². The number of rotatable bonds is 4. The fourth-order valence-corrected chi connectivity index (χ4v) is 3.71. The molecule has 1 unspecified atom stereocenters. The van der Waals surface area contributed by atoms with Crippen molar-refractivity contribution in [3.63, 3.8) is 0 Å². The molecule has 6 heteroatoms. The molecule has 2 amide bonds. The minimum Gasteiger partial charge on any atom is -0.481 e. The largest absolute Gasteiger partial charge is 0.481 e. The van der Waals surface area contributed by atoms with Crippen LogP contribution in [-0.4, -0.2) is 33.8 Å². The predicted molar refractivity (Wildman–Crippen MR) is 92.3 cm³/mol. The number of benzene rings is 1. The highest BCUT2D eigenvalue weighted by atomic mass is 16.4. The van der Waals surface area contributed by atoms with Crippen molar-refractivity contribution in [2.75, 3.05) is 0 Å². The number of nitrogens with zero attached hydrogens (tertiary/aromatic N) is 1. The smallest absolute Gasteiger partial charge is 0.306 e. The highest BCUT2D eigenvalue weighted by Crippen LogP contribution is 2.33. The Morgan fingerprint density at radius 2 is 2.00 bits per heavy atom. The molecule has 1 aromatic carbocycles. The van der Waals surface area contributed by atoms with Crippen LogP contribution in [0.3, 0.4) is 0 Å². The molecule has 6 nitrogen and oxygen atoms in total. The van der Waals surface area contributed by atoms with Crippen LogP contribution >= 0.6 is 0 Å². The van der Waals surface area contributed by atoms with Gasteiger partial charge in [0, 0.05) is 19.2 Å². The summed E-state index contributed by atoms with van der Waals surface area (Å²) in [5.74, 6) is -1.45. The first-order chi connectivity index (χ1) is 12.0. The number of carbonyl (C=O) groups excluding carboxylic acids is 2. The van der Waals surface area contributed by atoms with E-state index in [2.05, 4.69) is 5.32 Å². The van der Waals surface area contributed by atoms with Gasteiger partial charge in [-0.1, -0.05) is 24.3 Å². The molecule has 2 N–H and O–H groups in total. The molecule has 1 aromatic rings. The van der Waals surface area contributed by atoms with E-state index in [0.29, 0.717) is 19.3 Å². The van der Waals surface area contributed by atoms with Crippen molar-refractivity contribution in [2.24, 2.45) is 5.92 Å². The normalized spacial score (nSPS) is 24.7. The Morgan fingerprint density at radius 1 is 1.24 bits per heavy atom.